The van der Waals surface area contributed by atoms with Gasteiger partial charge in [0.1, 0.15) is 0 Å². The second kappa shape index (κ2) is 7.16. The predicted octanol–water partition coefficient (Wildman–Crippen LogP) is 2.76. The molecule has 1 N–H and O–H groups in total. The first-order valence-corrected chi connectivity index (χ1v) is 9.24. The van der Waals surface area contributed by atoms with E-state index in [1.54, 1.807) is 0 Å². The number of fused-ring (bicyclic) bond motifs is 1. The van der Waals surface area contributed by atoms with Crippen molar-refractivity contribution in [3.05, 3.63) is 76.1 Å². The quantitative estimate of drug-likeness (QED) is 0.425. The SMILES string of the molecule is Cc1ccc(C(=O)CSc2nnc3[nH]c(=O)c(-c4ccccc4)nn23)cc1. The number of hydrogen-bond acceptors (Lipinski definition) is 6. The molecule has 8 heteroatoms. The summed E-state index contributed by atoms with van der Waals surface area (Å²) in [6.45, 7) is 1.97. The third kappa shape index (κ3) is 3.52. The molecule has 134 valence electrons. The lowest BCUT2D eigenvalue weighted by atomic mass is 10.1. The fourth-order valence-corrected chi connectivity index (χ4v) is 3.34. The summed E-state index contributed by atoms with van der Waals surface area (Å²) in [6, 6.07) is 16.6. The first-order chi connectivity index (χ1) is 13.1. The van der Waals surface area contributed by atoms with Gasteiger partial charge < -0.3 is 0 Å². The standard InChI is InChI=1S/C19H15N5O2S/c1-12-7-9-13(10-8-12)15(25)11-27-19-22-21-18-20-17(26)16(23-24(18)19)14-5-3-2-4-6-14/h2-10H,11H2,1H3,(H,20,21,26). The van der Waals surface area contributed by atoms with E-state index in [1.165, 1.54) is 16.3 Å². The van der Waals surface area contributed by atoms with E-state index < -0.39 is 0 Å². The van der Waals surface area contributed by atoms with Crippen LogP contribution in [0.1, 0.15) is 15.9 Å². The van der Waals surface area contributed by atoms with Crippen molar-refractivity contribution in [1.29, 1.82) is 0 Å². The number of carbonyl (C=O) groups is 1. The minimum atomic E-state index is -0.339. The van der Waals surface area contributed by atoms with E-state index in [0.717, 1.165) is 5.56 Å². The van der Waals surface area contributed by atoms with Crippen LogP contribution < -0.4 is 5.56 Å². The van der Waals surface area contributed by atoms with Gasteiger partial charge in [-0.3, -0.25) is 14.6 Å². The number of Topliss-reactive ketones (excluding diaryl/α,β-unsaturated/α-hetero) is 1. The molecule has 2 heterocycles. The fourth-order valence-electron chi connectivity index (χ4n) is 2.57. The summed E-state index contributed by atoms with van der Waals surface area (Å²) < 4.78 is 1.46. The monoisotopic (exact) mass is 377 g/mol. The van der Waals surface area contributed by atoms with Crippen molar-refractivity contribution < 1.29 is 4.79 Å². The van der Waals surface area contributed by atoms with Crippen molar-refractivity contribution in [1.82, 2.24) is 24.8 Å². The number of nitrogens with one attached hydrogen (secondary N) is 1. The van der Waals surface area contributed by atoms with Crippen molar-refractivity contribution in [2.45, 2.75) is 12.1 Å². The van der Waals surface area contributed by atoms with Gasteiger partial charge in [0.15, 0.2) is 11.5 Å². The van der Waals surface area contributed by atoms with E-state index >= 15 is 0 Å². The average Bonchev–Trinajstić information content (AvgIpc) is 3.08. The van der Waals surface area contributed by atoms with Crippen LogP contribution in [-0.4, -0.2) is 36.3 Å². The van der Waals surface area contributed by atoms with Gasteiger partial charge in [0.25, 0.3) is 11.3 Å². The number of aromatic nitrogens is 5. The number of H-pyrrole nitrogens is 1. The molecule has 0 aliphatic rings. The number of thioether (sulfide) groups is 1. The second-order valence-corrected chi connectivity index (χ2v) is 6.91. The van der Waals surface area contributed by atoms with Gasteiger partial charge in [-0.05, 0) is 6.92 Å². The lowest BCUT2D eigenvalue weighted by molar-refractivity contribution is 0.102. The molecule has 0 aliphatic carbocycles. The number of hydrogen-bond donors (Lipinski definition) is 1. The van der Waals surface area contributed by atoms with Gasteiger partial charge >= 0.3 is 0 Å². The molecule has 27 heavy (non-hydrogen) atoms. The van der Waals surface area contributed by atoms with Gasteiger partial charge in [-0.2, -0.15) is 9.61 Å². The zero-order chi connectivity index (χ0) is 18.8. The van der Waals surface area contributed by atoms with E-state index in [0.29, 0.717) is 16.3 Å². The molecule has 0 unspecified atom stereocenters. The molecule has 4 rings (SSSR count). The summed E-state index contributed by atoms with van der Waals surface area (Å²) in [5.41, 5.74) is 2.38. The summed E-state index contributed by atoms with van der Waals surface area (Å²) in [7, 11) is 0. The Bertz CT molecular complexity index is 1170. The molecule has 0 fully saturated rings. The minimum absolute atomic E-state index is 0.00976. The van der Waals surface area contributed by atoms with Crippen LogP contribution in [0.5, 0.6) is 0 Å². The highest BCUT2D eigenvalue weighted by molar-refractivity contribution is 7.99. The largest absolute Gasteiger partial charge is 0.293 e. The molecule has 0 saturated heterocycles. The molecule has 0 radical (unpaired) electrons. The maximum absolute atomic E-state index is 12.4. The first kappa shape index (κ1) is 17.2. The number of carbonyl (C=O) groups excluding carboxylic acids is 1. The van der Waals surface area contributed by atoms with Crippen molar-refractivity contribution in [3.63, 3.8) is 0 Å². The summed E-state index contributed by atoms with van der Waals surface area (Å²) in [5, 5.41) is 12.8. The molecule has 0 atom stereocenters. The van der Waals surface area contributed by atoms with Crippen molar-refractivity contribution in [2.75, 3.05) is 5.75 Å². The zero-order valence-electron chi connectivity index (χ0n) is 14.4. The summed E-state index contributed by atoms with van der Waals surface area (Å²) in [6.07, 6.45) is 0. The van der Waals surface area contributed by atoms with E-state index in [4.69, 9.17) is 0 Å². The van der Waals surface area contributed by atoms with E-state index in [2.05, 4.69) is 20.3 Å². The lowest BCUT2D eigenvalue weighted by Crippen LogP contribution is -2.15. The Kier molecular flexibility index (Phi) is 4.55. The minimum Gasteiger partial charge on any atom is -0.293 e. The summed E-state index contributed by atoms with van der Waals surface area (Å²) in [4.78, 5) is 27.3. The molecule has 0 spiro atoms. The van der Waals surface area contributed by atoms with Crippen LogP contribution in [0.25, 0.3) is 17.0 Å². The molecule has 0 amide bonds. The van der Waals surface area contributed by atoms with Gasteiger partial charge in [0.05, 0.1) is 5.75 Å². The molecule has 2 aromatic carbocycles. The molecule has 0 bridgehead atoms. The predicted molar refractivity (Wildman–Crippen MR) is 103 cm³/mol. The molecular weight excluding hydrogens is 362 g/mol. The number of benzene rings is 2. The van der Waals surface area contributed by atoms with Crippen LogP contribution in [0, 0.1) is 6.92 Å². The first-order valence-electron chi connectivity index (χ1n) is 8.25. The van der Waals surface area contributed by atoms with Crippen LogP contribution in [0.3, 0.4) is 0 Å². The molecule has 7 nitrogen and oxygen atoms in total. The molecule has 4 aromatic rings. The van der Waals surface area contributed by atoms with E-state index in [1.807, 2.05) is 61.5 Å². The average molecular weight is 377 g/mol. The van der Waals surface area contributed by atoms with Gasteiger partial charge in [-0.25, -0.2) is 0 Å². The Hall–Kier alpha value is -3.26. The van der Waals surface area contributed by atoms with Crippen LogP contribution in [0.2, 0.25) is 0 Å². The van der Waals surface area contributed by atoms with E-state index in [9.17, 15) is 9.59 Å². The van der Waals surface area contributed by atoms with Crippen molar-refractivity contribution in [2.24, 2.45) is 0 Å². The maximum atomic E-state index is 12.4. The highest BCUT2D eigenvalue weighted by Gasteiger charge is 2.15. The number of aryl methyl sites for hydroxylation is 1. The molecule has 0 saturated carbocycles. The Labute approximate surface area is 158 Å². The number of ketones is 1. The van der Waals surface area contributed by atoms with Crippen molar-refractivity contribution in [3.8, 4) is 11.3 Å². The van der Waals surface area contributed by atoms with Crippen LogP contribution in [0.15, 0.2) is 64.5 Å². The molecule has 0 aliphatic heterocycles. The number of rotatable bonds is 5. The van der Waals surface area contributed by atoms with Crippen LogP contribution in [0.4, 0.5) is 0 Å². The highest BCUT2D eigenvalue weighted by Crippen LogP contribution is 2.18. The van der Waals surface area contributed by atoms with Gasteiger partial charge in [0.2, 0.25) is 5.16 Å². The van der Waals surface area contributed by atoms with Gasteiger partial charge in [-0.1, -0.05) is 71.9 Å². The Morgan fingerprint density at radius 1 is 1.07 bits per heavy atom. The maximum Gasteiger partial charge on any atom is 0.279 e. The van der Waals surface area contributed by atoms with Gasteiger partial charge in [0, 0.05) is 11.1 Å². The Morgan fingerprint density at radius 3 is 2.56 bits per heavy atom. The Morgan fingerprint density at radius 2 is 1.81 bits per heavy atom. The normalized spacial score (nSPS) is 11.0. The van der Waals surface area contributed by atoms with Crippen LogP contribution >= 0.6 is 11.8 Å². The van der Waals surface area contributed by atoms with E-state index in [-0.39, 0.29) is 28.6 Å². The lowest BCUT2D eigenvalue weighted by Gasteiger charge is -2.03. The third-order valence-electron chi connectivity index (χ3n) is 4.01. The van der Waals surface area contributed by atoms with Crippen LogP contribution in [-0.2, 0) is 0 Å². The van der Waals surface area contributed by atoms with Crippen molar-refractivity contribution >= 4 is 23.3 Å². The topological polar surface area (TPSA) is 93.0 Å². The smallest absolute Gasteiger partial charge is 0.279 e. The highest BCUT2D eigenvalue weighted by atomic mass is 32.2. The summed E-state index contributed by atoms with van der Waals surface area (Å²) in [5.74, 6) is 0.431. The number of aromatic amines is 1. The van der Waals surface area contributed by atoms with Gasteiger partial charge in [-0.15, -0.1) is 10.2 Å². The zero-order valence-corrected chi connectivity index (χ0v) is 15.2. The third-order valence-corrected chi connectivity index (χ3v) is 4.92. The summed E-state index contributed by atoms with van der Waals surface area (Å²) >= 11 is 1.23. The fraction of sp³-hybridized carbons (Fsp3) is 0.105. The number of nitrogens with zero attached hydrogens (tertiary/aromatic N) is 4. The molecule has 2 aromatic heterocycles. The molecular formula is C19H15N5O2S. The Balaban J connectivity index is 1.62. The second-order valence-electron chi connectivity index (χ2n) is 5.96.